The van der Waals surface area contributed by atoms with Crippen molar-refractivity contribution in [3.05, 3.63) is 47.5 Å². The highest BCUT2D eigenvalue weighted by Gasteiger charge is 2.26. The average molecular weight is 494 g/mol. The Morgan fingerprint density at radius 1 is 0.914 bits per heavy atom. The van der Waals surface area contributed by atoms with Gasteiger partial charge in [-0.3, -0.25) is 14.5 Å². The van der Waals surface area contributed by atoms with Crippen LogP contribution in [0.4, 0.5) is 8.78 Å². The lowest BCUT2D eigenvalue weighted by Gasteiger charge is -2.34. The molecule has 1 heterocycles. The first-order valence-corrected chi connectivity index (χ1v) is 11.0. The van der Waals surface area contributed by atoms with Gasteiger partial charge in [-0.15, -0.1) is 0 Å². The molecule has 2 aromatic carbocycles. The number of methoxy groups -OCH3 is 3. The van der Waals surface area contributed by atoms with Crippen molar-refractivity contribution in [2.75, 3.05) is 54.1 Å². The lowest BCUT2D eigenvalue weighted by atomic mass is 10.1. The normalized spacial score (nSPS) is 13.9. The van der Waals surface area contributed by atoms with Crippen molar-refractivity contribution in [1.82, 2.24) is 15.1 Å². The summed E-state index contributed by atoms with van der Waals surface area (Å²) in [6, 6.07) is 9.37. The Bertz CT molecular complexity index is 1030. The molecule has 3 rings (SSSR count). The quantitative estimate of drug-likeness (QED) is 0.544. The number of rotatable bonds is 10. The van der Waals surface area contributed by atoms with Crippen molar-refractivity contribution in [3.63, 3.8) is 0 Å². The van der Waals surface area contributed by atoms with Crippen molar-refractivity contribution < 1.29 is 37.3 Å². The van der Waals surface area contributed by atoms with E-state index in [1.54, 1.807) is 23.1 Å². The Morgan fingerprint density at radius 2 is 1.54 bits per heavy atom. The van der Waals surface area contributed by atoms with Gasteiger partial charge in [-0.2, -0.15) is 8.78 Å². The first kappa shape index (κ1) is 26.0. The molecule has 0 bridgehead atoms. The third-order valence-electron chi connectivity index (χ3n) is 5.62. The monoisotopic (exact) mass is 493 g/mol. The van der Waals surface area contributed by atoms with Crippen molar-refractivity contribution in [1.29, 1.82) is 0 Å². The zero-order valence-electron chi connectivity index (χ0n) is 19.9. The predicted octanol–water partition coefficient (Wildman–Crippen LogP) is 2.39. The van der Waals surface area contributed by atoms with Crippen LogP contribution in [0.3, 0.4) is 0 Å². The maximum absolute atomic E-state index is 12.8. The van der Waals surface area contributed by atoms with E-state index >= 15 is 0 Å². The molecule has 0 spiro atoms. The summed E-state index contributed by atoms with van der Waals surface area (Å²) in [5.74, 6) is 0.892. The fourth-order valence-electron chi connectivity index (χ4n) is 3.80. The van der Waals surface area contributed by atoms with Crippen LogP contribution in [-0.2, 0) is 11.3 Å². The molecule has 1 fully saturated rings. The summed E-state index contributed by atoms with van der Waals surface area (Å²) in [6.07, 6.45) is 0. The first-order valence-electron chi connectivity index (χ1n) is 11.0. The molecule has 1 saturated heterocycles. The van der Waals surface area contributed by atoms with E-state index in [2.05, 4.69) is 10.1 Å². The number of hydrogen-bond acceptors (Lipinski definition) is 7. The summed E-state index contributed by atoms with van der Waals surface area (Å²) in [7, 11) is 4.59. The van der Waals surface area contributed by atoms with Crippen LogP contribution < -0.4 is 24.3 Å². The van der Waals surface area contributed by atoms with Gasteiger partial charge >= 0.3 is 6.61 Å². The Balaban J connectivity index is 1.52. The van der Waals surface area contributed by atoms with E-state index in [4.69, 9.17) is 14.2 Å². The maximum Gasteiger partial charge on any atom is 0.387 e. The number of carbonyl (C=O) groups is 2. The van der Waals surface area contributed by atoms with Crippen molar-refractivity contribution in [3.8, 4) is 23.0 Å². The summed E-state index contributed by atoms with van der Waals surface area (Å²) in [4.78, 5) is 28.8. The molecule has 2 aromatic rings. The molecule has 2 amide bonds. The van der Waals surface area contributed by atoms with Gasteiger partial charge in [0.25, 0.3) is 5.91 Å². The maximum atomic E-state index is 12.8. The SMILES string of the molecule is COc1cc(OC)c(OC)cc1CNC(=O)CN1CCN(C(=O)c2ccccc2OC(F)F)CC1. The van der Waals surface area contributed by atoms with Crippen LogP contribution in [0.1, 0.15) is 15.9 Å². The molecule has 1 N–H and O–H groups in total. The molecular weight excluding hydrogens is 464 g/mol. The molecule has 0 saturated carbocycles. The standard InChI is InChI=1S/C24H29F2N3O6/c1-32-19-13-21(34-3)20(33-2)12-16(19)14-27-22(30)15-28-8-10-29(11-9-28)23(31)17-6-4-5-7-18(17)35-24(25)26/h4-7,12-13,24H,8-11,14-15H2,1-3H3,(H,27,30). The Morgan fingerprint density at radius 3 is 2.17 bits per heavy atom. The van der Waals surface area contributed by atoms with Crippen LogP contribution in [-0.4, -0.2) is 82.3 Å². The van der Waals surface area contributed by atoms with Gasteiger partial charge in [-0.25, -0.2) is 0 Å². The molecule has 35 heavy (non-hydrogen) atoms. The highest BCUT2D eigenvalue weighted by atomic mass is 19.3. The fourth-order valence-corrected chi connectivity index (χ4v) is 3.80. The molecule has 0 radical (unpaired) electrons. The predicted molar refractivity (Wildman–Crippen MR) is 123 cm³/mol. The van der Waals surface area contributed by atoms with Crippen LogP contribution >= 0.6 is 0 Å². The minimum atomic E-state index is -3.02. The van der Waals surface area contributed by atoms with Gasteiger partial charge in [0, 0.05) is 44.4 Å². The Kier molecular flexibility index (Phi) is 9.07. The number of nitrogens with one attached hydrogen (secondary N) is 1. The number of piperazine rings is 1. The molecule has 1 aliphatic rings. The van der Waals surface area contributed by atoms with Gasteiger partial charge in [0.15, 0.2) is 11.5 Å². The number of para-hydroxylation sites is 1. The molecule has 11 heteroatoms. The highest BCUT2D eigenvalue weighted by Crippen LogP contribution is 2.34. The van der Waals surface area contributed by atoms with Gasteiger partial charge in [-0.05, 0) is 18.2 Å². The number of halogens is 2. The zero-order chi connectivity index (χ0) is 25.4. The van der Waals surface area contributed by atoms with Crippen LogP contribution in [0.25, 0.3) is 0 Å². The minimum Gasteiger partial charge on any atom is -0.496 e. The number of alkyl halides is 2. The number of hydrogen-bond donors (Lipinski definition) is 1. The van der Waals surface area contributed by atoms with E-state index in [1.807, 2.05) is 4.90 Å². The van der Waals surface area contributed by atoms with Crippen molar-refractivity contribution in [2.24, 2.45) is 0 Å². The molecular formula is C24H29F2N3O6. The van der Waals surface area contributed by atoms with Crippen molar-refractivity contribution in [2.45, 2.75) is 13.2 Å². The number of amides is 2. The topological polar surface area (TPSA) is 89.6 Å². The number of ether oxygens (including phenoxy) is 4. The van der Waals surface area contributed by atoms with Gasteiger partial charge in [0.05, 0.1) is 33.4 Å². The van der Waals surface area contributed by atoms with E-state index in [9.17, 15) is 18.4 Å². The summed E-state index contributed by atoms with van der Waals surface area (Å²) in [5.41, 5.74) is 0.821. The zero-order valence-corrected chi connectivity index (χ0v) is 19.9. The lowest BCUT2D eigenvalue weighted by molar-refractivity contribution is -0.122. The third-order valence-corrected chi connectivity index (χ3v) is 5.62. The summed E-state index contributed by atoms with van der Waals surface area (Å²) in [5, 5.41) is 2.87. The summed E-state index contributed by atoms with van der Waals surface area (Å²) in [6.45, 7) is -0.965. The van der Waals surface area contributed by atoms with E-state index < -0.39 is 6.61 Å². The van der Waals surface area contributed by atoms with Gasteiger partial charge in [0.2, 0.25) is 5.91 Å². The van der Waals surface area contributed by atoms with E-state index in [0.29, 0.717) is 43.4 Å². The highest BCUT2D eigenvalue weighted by molar-refractivity contribution is 5.97. The second kappa shape index (κ2) is 12.2. The third kappa shape index (κ3) is 6.72. The van der Waals surface area contributed by atoms with E-state index in [1.165, 1.54) is 39.5 Å². The second-order valence-corrected chi connectivity index (χ2v) is 7.74. The van der Waals surface area contributed by atoms with Gasteiger partial charge < -0.3 is 29.2 Å². The lowest BCUT2D eigenvalue weighted by Crippen LogP contribution is -2.51. The fraction of sp³-hybridized carbons (Fsp3) is 0.417. The van der Waals surface area contributed by atoms with E-state index in [-0.39, 0.29) is 36.2 Å². The van der Waals surface area contributed by atoms with Crippen LogP contribution in [0.15, 0.2) is 36.4 Å². The van der Waals surface area contributed by atoms with Crippen LogP contribution in [0.2, 0.25) is 0 Å². The molecule has 0 atom stereocenters. The van der Waals surface area contributed by atoms with E-state index in [0.717, 1.165) is 5.56 Å². The smallest absolute Gasteiger partial charge is 0.387 e. The molecule has 1 aliphatic heterocycles. The van der Waals surface area contributed by atoms with Gasteiger partial charge in [-0.1, -0.05) is 12.1 Å². The molecule has 0 aliphatic carbocycles. The largest absolute Gasteiger partial charge is 0.496 e. The number of nitrogens with zero attached hydrogens (tertiary/aromatic N) is 2. The van der Waals surface area contributed by atoms with Gasteiger partial charge in [0.1, 0.15) is 11.5 Å². The van der Waals surface area contributed by atoms with Crippen LogP contribution in [0, 0.1) is 0 Å². The van der Waals surface area contributed by atoms with Crippen molar-refractivity contribution >= 4 is 11.8 Å². The summed E-state index contributed by atoms with van der Waals surface area (Å²) < 4.78 is 45.7. The number of benzene rings is 2. The second-order valence-electron chi connectivity index (χ2n) is 7.74. The average Bonchev–Trinajstić information content (AvgIpc) is 2.86. The summed E-state index contributed by atoms with van der Waals surface area (Å²) >= 11 is 0. The number of carbonyl (C=O) groups excluding carboxylic acids is 2. The first-order chi connectivity index (χ1) is 16.9. The van der Waals surface area contributed by atoms with Crippen LogP contribution in [0.5, 0.6) is 23.0 Å². The Hall–Kier alpha value is -3.60. The molecule has 9 nitrogen and oxygen atoms in total. The molecule has 190 valence electrons. The molecule has 0 aromatic heterocycles. The Labute approximate surface area is 202 Å². The molecule has 0 unspecified atom stereocenters. The minimum absolute atomic E-state index is 0.0860.